The maximum absolute atomic E-state index is 6.45. The Labute approximate surface area is 209 Å². The van der Waals surface area contributed by atoms with Crippen LogP contribution >= 0.6 is 23.8 Å². The summed E-state index contributed by atoms with van der Waals surface area (Å²) in [5, 5.41) is 4.78. The Morgan fingerprint density at radius 3 is 2.62 bits per heavy atom. The summed E-state index contributed by atoms with van der Waals surface area (Å²) in [7, 11) is 0. The van der Waals surface area contributed by atoms with Crippen molar-refractivity contribution in [2.75, 3.05) is 11.5 Å². The standard InChI is InChI=1S/C27H24ClN3O2S/c1-3-32-19-12-10-18(11-13-19)31-26(25(30-27(31)34)22-9-4-5-16-29-22)24-15-14-23(33-24)20-7-6-8-21(28)17(20)2/h4-16,25-26H,3H2,1-2H3,(H,30,34)/t25-,26+/m1/s1. The lowest BCUT2D eigenvalue weighted by Crippen LogP contribution is -2.29. The number of hydrogen-bond donors (Lipinski definition) is 1. The van der Waals surface area contributed by atoms with Crippen molar-refractivity contribution < 1.29 is 9.15 Å². The van der Waals surface area contributed by atoms with Gasteiger partial charge in [-0.05, 0) is 86.2 Å². The Morgan fingerprint density at radius 2 is 1.88 bits per heavy atom. The predicted octanol–water partition coefficient (Wildman–Crippen LogP) is 6.88. The highest BCUT2D eigenvalue weighted by atomic mass is 35.5. The molecule has 34 heavy (non-hydrogen) atoms. The molecule has 172 valence electrons. The zero-order chi connectivity index (χ0) is 23.7. The fourth-order valence-electron chi connectivity index (χ4n) is 4.32. The van der Waals surface area contributed by atoms with Crippen LogP contribution in [-0.4, -0.2) is 16.7 Å². The molecule has 0 saturated carbocycles. The molecule has 1 aliphatic heterocycles. The minimum absolute atomic E-state index is 0.181. The molecule has 5 nitrogen and oxygen atoms in total. The molecule has 3 heterocycles. The van der Waals surface area contributed by atoms with Gasteiger partial charge in [0.25, 0.3) is 0 Å². The molecule has 0 spiro atoms. The zero-order valence-electron chi connectivity index (χ0n) is 18.9. The van der Waals surface area contributed by atoms with E-state index in [9.17, 15) is 0 Å². The van der Waals surface area contributed by atoms with E-state index in [1.54, 1.807) is 6.20 Å². The van der Waals surface area contributed by atoms with Gasteiger partial charge in [-0.25, -0.2) is 0 Å². The second-order valence-corrected chi connectivity index (χ2v) is 8.83. The summed E-state index contributed by atoms with van der Waals surface area (Å²) in [6.07, 6.45) is 1.79. The molecule has 7 heteroatoms. The molecule has 1 N–H and O–H groups in total. The molecule has 2 aromatic carbocycles. The Bertz CT molecular complexity index is 1310. The molecule has 5 rings (SSSR count). The number of anilines is 1. The first kappa shape index (κ1) is 22.4. The van der Waals surface area contributed by atoms with E-state index in [0.29, 0.717) is 16.7 Å². The largest absolute Gasteiger partial charge is 0.494 e. The van der Waals surface area contributed by atoms with Gasteiger partial charge < -0.3 is 19.4 Å². The second-order valence-electron chi connectivity index (χ2n) is 8.04. The minimum Gasteiger partial charge on any atom is -0.494 e. The van der Waals surface area contributed by atoms with E-state index in [1.165, 1.54) is 0 Å². The Kier molecular flexibility index (Phi) is 6.26. The molecule has 0 amide bonds. The molecule has 1 fully saturated rings. The summed E-state index contributed by atoms with van der Waals surface area (Å²) in [6, 6.07) is 23.2. The van der Waals surface area contributed by atoms with Gasteiger partial charge in [0.05, 0.1) is 18.3 Å². The van der Waals surface area contributed by atoms with E-state index in [2.05, 4.69) is 15.2 Å². The molecule has 2 atom stereocenters. The van der Waals surface area contributed by atoms with Crippen LogP contribution in [-0.2, 0) is 0 Å². The molecular weight excluding hydrogens is 466 g/mol. The summed E-state index contributed by atoms with van der Waals surface area (Å²) in [5.74, 6) is 2.37. The number of benzene rings is 2. The average molecular weight is 490 g/mol. The monoisotopic (exact) mass is 489 g/mol. The van der Waals surface area contributed by atoms with Crippen LogP contribution < -0.4 is 15.0 Å². The van der Waals surface area contributed by atoms with E-state index < -0.39 is 0 Å². The molecule has 0 radical (unpaired) electrons. The van der Waals surface area contributed by atoms with Gasteiger partial charge in [0.1, 0.15) is 23.3 Å². The number of ether oxygens (including phenoxy) is 1. The van der Waals surface area contributed by atoms with Crippen LogP contribution in [0.5, 0.6) is 5.75 Å². The number of hydrogen-bond acceptors (Lipinski definition) is 4. The van der Waals surface area contributed by atoms with E-state index in [1.807, 2.05) is 86.6 Å². The van der Waals surface area contributed by atoms with Gasteiger partial charge in [-0.2, -0.15) is 0 Å². The van der Waals surface area contributed by atoms with Crippen LogP contribution in [0.25, 0.3) is 11.3 Å². The van der Waals surface area contributed by atoms with Crippen molar-refractivity contribution in [3.8, 4) is 17.1 Å². The van der Waals surface area contributed by atoms with Gasteiger partial charge in [-0.3, -0.25) is 4.98 Å². The summed E-state index contributed by atoms with van der Waals surface area (Å²) in [4.78, 5) is 6.68. The highest BCUT2D eigenvalue weighted by molar-refractivity contribution is 7.80. The number of thiocarbonyl (C=S) groups is 1. The van der Waals surface area contributed by atoms with E-state index >= 15 is 0 Å². The average Bonchev–Trinajstić information content (AvgIpc) is 3.47. The Hall–Kier alpha value is -3.35. The Balaban J connectivity index is 1.58. The second kappa shape index (κ2) is 9.49. The van der Waals surface area contributed by atoms with Crippen LogP contribution in [0, 0.1) is 6.92 Å². The summed E-state index contributed by atoms with van der Waals surface area (Å²) in [5.41, 5.74) is 3.78. The van der Waals surface area contributed by atoms with Crippen molar-refractivity contribution in [3.63, 3.8) is 0 Å². The lowest BCUT2D eigenvalue weighted by molar-refractivity contribution is 0.340. The third-order valence-electron chi connectivity index (χ3n) is 5.98. The number of nitrogens with one attached hydrogen (secondary N) is 1. The van der Waals surface area contributed by atoms with Crippen LogP contribution in [0.4, 0.5) is 5.69 Å². The fourth-order valence-corrected chi connectivity index (χ4v) is 4.84. The van der Waals surface area contributed by atoms with Crippen molar-refractivity contribution in [1.29, 1.82) is 0 Å². The number of aromatic nitrogens is 1. The first-order valence-electron chi connectivity index (χ1n) is 11.2. The van der Waals surface area contributed by atoms with E-state index in [-0.39, 0.29) is 12.1 Å². The molecule has 4 aromatic rings. The highest BCUT2D eigenvalue weighted by Crippen LogP contribution is 2.43. The quantitative estimate of drug-likeness (QED) is 0.298. The molecular formula is C27H24ClN3O2S. The summed E-state index contributed by atoms with van der Waals surface area (Å²) < 4.78 is 12.1. The molecule has 1 saturated heterocycles. The predicted molar refractivity (Wildman–Crippen MR) is 139 cm³/mol. The van der Waals surface area contributed by atoms with E-state index in [0.717, 1.165) is 39.8 Å². The van der Waals surface area contributed by atoms with Crippen molar-refractivity contribution in [2.45, 2.75) is 25.9 Å². The number of furan rings is 1. The Morgan fingerprint density at radius 1 is 1.06 bits per heavy atom. The molecule has 2 aromatic heterocycles. The molecule has 0 bridgehead atoms. The molecule has 1 aliphatic rings. The number of halogens is 1. The molecule has 0 unspecified atom stereocenters. The third-order valence-corrected chi connectivity index (χ3v) is 6.70. The van der Waals surface area contributed by atoms with Crippen molar-refractivity contribution in [2.24, 2.45) is 0 Å². The van der Waals surface area contributed by atoms with Crippen molar-refractivity contribution in [1.82, 2.24) is 10.3 Å². The summed E-state index contributed by atoms with van der Waals surface area (Å²) >= 11 is 12.2. The van der Waals surface area contributed by atoms with Crippen molar-refractivity contribution in [3.05, 3.63) is 101 Å². The van der Waals surface area contributed by atoms with Crippen LogP contribution in [0.2, 0.25) is 5.02 Å². The SMILES string of the molecule is CCOc1ccc(N2C(=S)N[C@H](c3ccccn3)[C@@H]2c2ccc(-c3cccc(Cl)c3C)o2)cc1. The van der Waals surface area contributed by atoms with Gasteiger partial charge in [-0.1, -0.05) is 29.8 Å². The van der Waals surface area contributed by atoms with Gasteiger partial charge >= 0.3 is 0 Å². The maximum Gasteiger partial charge on any atom is 0.174 e. The fraction of sp³-hybridized carbons (Fsp3) is 0.185. The van der Waals surface area contributed by atoms with Gasteiger partial charge in [0.15, 0.2) is 5.11 Å². The normalized spacial score (nSPS) is 17.6. The summed E-state index contributed by atoms with van der Waals surface area (Å²) in [6.45, 7) is 4.58. The number of rotatable bonds is 6. The topological polar surface area (TPSA) is 50.5 Å². The first-order chi connectivity index (χ1) is 16.6. The van der Waals surface area contributed by atoms with Gasteiger partial charge in [-0.15, -0.1) is 0 Å². The molecule has 0 aliphatic carbocycles. The van der Waals surface area contributed by atoms with E-state index in [4.69, 9.17) is 33.0 Å². The highest BCUT2D eigenvalue weighted by Gasteiger charge is 2.42. The van der Waals surface area contributed by atoms with Gasteiger partial charge in [0.2, 0.25) is 0 Å². The minimum atomic E-state index is -0.228. The number of pyridine rings is 1. The zero-order valence-corrected chi connectivity index (χ0v) is 20.4. The number of nitrogens with zero attached hydrogens (tertiary/aromatic N) is 2. The van der Waals surface area contributed by atoms with Gasteiger partial charge in [0, 0.05) is 22.5 Å². The first-order valence-corrected chi connectivity index (χ1v) is 11.9. The van der Waals surface area contributed by atoms with Crippen LogP contribution in [0.1, 0.15) is 36.0 Å². The lowest BCUT2D eigenvalue weighted by Gasteiger charge is -2.26. The van der Waals surface area contributed by atoms with Crippen LogP contribution in [0.3, 0.4) is 0 Å². The third kappa shape index (κ3) is 4.15. The maximum atomic E-state index is 6.45. The smallest absolute Gasteiger partial charge is 0.174 e. The lowest BCUT2D eigenvalue weighted by atomic mass is 10.0. The van der Waals surface area contributed by atoms with Crippen LogP contribution in [0.15, 0.2) is 83.4 Å². The van der Waals surface area contributed by atoms with Crippen molar-refractivity contribution >= 4 is 34.6 Å².